The first-order chi connectivity index (χ1) is 11.0. The van der Waals surface area contributed by atoms with Crippen LogP contribution in [-0.2, 0) is 16.5 Å². The molecule has 3 aromatic rings. The van der Waals surface area contributed by atoms with E-state index < -0.39 is 10.1 Å². The Labute approximate surface area is 134 Å². The standard InChI is InChI=1S/C18H14O4S/c19-23(20,21)17-11-16(10-15-7-8-22-18(15)17)14-6-5-12-3-1-2-4-13(12)9-14/h1-6,9-11H,7-8H2,(H,19,20,21). The van der Waals surface area contributed by atoms with Gasteiger partial charge < -0.3 is 4.74 Å². The van der Waals surface area contributed by atoms with E-state index in [4.69, 9.17) is 4.74 Å². The molecule has 1 N–H and O–H groups in total. The summed E-state index contributed by atoms with van der Waals surface area (Å²) in [5.74, 6) is 0.275. The van der Waals surface area contributed by atoms with E-state index in [1.54, 1.807) is 0 Å². The highest BCUT2D eigenvalue weighted by Gasteiger charge is 2.25. The number of benzene rings is 3. The lowest BCUT2D eigenvalue weighted by atomic mass is 9.99. The number of hydrogen-bond acceptors (Lipinski definition) is 3. The molecule has 0 aromatic heterocycles. The normalized spacial score (nSPS) is 13.8. The van der Waals surface area contributed by atoms with Crippen molar-refractivity contribution in [1.29, 1.82) is 0 Å². The Balaban J connectivity index is 1.94. The molecule has 1 aliphatic heterocycles. The number of ether oxygens (including phenoxy) is 1. The van der Waals surface area contributed by atoms with Gasteiger partial charge in [0.1, 0.15) is 10.6 Å². The van der Waals surface area contributed by atoms with E-state index in [1.807, 2.05) is 48.5 Å². The van der Waals surface area contributed by atoms with Crippen molar-refractivity contribution < 1.29 is 17.7 Å². The summed E-state index contributed by atoms with van der Waals surface area (Å²) >= 11 is 0. The second-order valence-electron chi connectivity index (χ2n) is 5.60. The topological polar surface area (TPSA) is 63.6 Å². The van der Waals surface area contributed by atoms with Crippen LogP contribution in [0.25, 0.3) is 21.9 Å². The minimum absolute atomic E-state index is 0.157. The van der Waals surface area contributed by atoms with Crippen molar-refractivity contribution in [2.45, 2.75) is 11.3 Å². The van der Waals surface area contributed by atoms with E-state index in [-0.39, 0.29) is 10.6 Å². The molecule has 4 rings (SSSR count). The lowest BCUT2D eigenvalue weighted by molar-refractivity contribution is 0.346. The highest BCUT2D eigenvalue weighted by atomic mass is 32.2. The van der Waals surface area contributed by atoms with Crippen LogP contribution in [0.2, 0.25) is 0 Å². The van der Waals surface area contributed by atoms with Gasteiger partial charge in [-0.15, -0.1) is 0 Å². The van der Waals surface area contributed by atoms with Crippen LogP contribution >= 0.6 is 0 Å². The monoisotopic (exact) mass is 326 g/mol. The Bertz CT molecular complexity index is 1020. The molecule has 1 heterocycles. The maximum Gasteiger partial charge on any atom is 0.298 e. The fourth-order valence-electron chi connectivity index (χ4n) is 3.00. The van der Waals surface area contributed by atoms with Crippen LogP contribution in [0.3, 0.4) is 0 Å². The molecule has 3 aromatic carbocycles. The maximum absolute atomic E-state index is 11.7. The van der Waals surface area contributed by atoms with Gasteiger partial charge in [-0.3, -0.25) is 4.55 Å². The highest BCUT2D eigenvalue weighted by Crippen LogP contribution is 2.37. The second kappa shape index (κ2) is 5.08. The van der Waals surface area contributed by atoms with Crippen molar-refractivity contribution in [3.05, 3.63) is 60.2 Å². The summed E-state index contributed by atoms with van der Waals surface area (Å²) in [6, 6.07) is 17.4. The summed E-state index contributed by atoms with van der Waals surface area (Å²) < 4.78 is 38.2. The number of hydrogen-bond donors (Lipinski definition) is 1. The van der Waals surface area contributed by atoms with Crippen LogP contribution in [-0.4, -0.2) is 19.6 Å². The fourth-order valence-corrected chi connectivity index (χ4v) is 3.70. The molecular formula is C18H14O4S. The largest absolute Gasteiger partial charge is 0.491 e. The van der Waals surface area contributed by atoms with Crippen molar-refractivity contribution >= 4 is 20.9 Å². The molecule has 0 fully saturated rings. The summed E-state index contributed by atoms with van der Waals surface area (Å²) in [6.45, 7) is 0.430. The van der Waals surface area contributed by atoms with Gasteiger partial charge in [-0.05, 0) is 45.7 Å². The fraction of sp³-hybridized carbons (Fsp3) is 0.111. The number of rotatable bonds is 2. The Hall–Kier alpha value is -2.37. The van der Waals surface area contributed by atoms with Gasteiger partial charge in [0.25, 0.3) is 10.1 Å². The highest BCUT2D eigenvalue weighted by molar-refractivity contribution is 7.86. The molecule has 5 heteroatoms. The number of fused-ring (bicyclic) bond motifs is 2. The van der Waals surface area contributed by atoms with Crippen molar-refractivity contribution in [2.75, 3.05) is 6.61 Å². The third-order valence-corrected chi connectivity index (χ3v) is 4.97. The molecule has 0 atom stereocenters. The SMILES string of the molecule is O=S(=O)(O)c1cc(-c2ccc3ccccc3c2)cc2c1OCC2. The molecule has 0 saturated heterocycles. The van der Waals surface area contributed by atoms with Crippen molar-refractivity contribution in [3.8, 4) is 16.9 Å². The van der Waals surface area contributed by atoms with Gasteiger partial charge in [0.05, 0.1) is 6.61 Å². The maximum atomic E-state index is 11.7. The van der Waals surface area contributed by atoms with E-state index >= 15 is 0 Å². The van der Waals surface area contributed by atoms with E-state index in [9.17, 15) is 13.0 Å². The quantitative estimate of drug-likeness (QED) is 0.730. The van der Waals surface area contributed by atoms with Gasteiger partial charge in [0.15, 0.2) is 0 Å². The van der Waals surface area contributed by atoms with Crippen LogP contribution in [0.1, 0.15) is 5.56 Å². The van der Waals surface area contributed by atoms with Crippen LogP contribution in [0.4, 0.5) is 0 Å². The Morgan fingerprint density at radius 2 is 1.70 bits per heavy atom. The van der Waals surface area contributed by atoms with Crippen LogP contribution in [0.15, 0.2) is 59.5 Å². The van der Waals surface area contributed by atoms with Crippen LogP contribution < -0.4 is 4.74 Å². The van der Waals surface area contributed by atoms with E-state index in [2.05, 4.69) is 0 Å². The van der Waals surface area contributed by atoms with Gasteiger partial charge in [-0.2, -0.15) is 8.42 Å². The molecule has 4 nitrogen and oxygen atoms in total. The Morgan fingerprint density at radius 3 is 2.48 bits per heavy atom. The lowest BCUT2D eigenvalue weighted by Gasteiger charge is -2.10. The summed E-state index contributed by atoms with van der Waals surface area (Å²) in [5.41, 5.74) is 2.47. The zero-order valence-electron chi connectivity index (χ0n) is 12.2. The van der Waals surface area contributed by atoms with E-state index in [0.717, 1.165) is 27.5 Å². The van der Waals surface area contributed by atoms with Crippen LogP contribution in [0, 0.1) is 0 Å². The van der Waals surface area contributed by atoms with Gasteiger partial charge in [-0.25, -0.2) is 0 Å². The molecule has 0 saturated carbocycles. The molecule has 0 aliphatic carbocycles. The Morgan fingerprint density at radius 1 is 0.913 bits per heavy atom. The average Bonchev–Trinajstić information content (AvgIpc) is 3.00. The van der Waals surface area contributed by atoms with Gasteiger partial charge in [0, 0.05) is 6.42 Å². The molecule has 23 heavy (non-hydrogen) atoms. The van der Waals surface area contributed by atoms with Crippen molar-refractivity contribution in [2.24, 2.45) is 0 Å². The zero-order chi connectivity index (χ0) is 16.0. The third kappa shape index (κ3) is 2.48. The van der Waals surface area contributed by atoms with Gasteiger partial charge in [-0.1, -0.05) is 36.4 Å². The van der Waals surface area contributed by atoms with E-state index in [1.165, 1.54) is 6.07 Å². The lowest BCUT2D eigenvalue weighted by Crippen LogP contribution is -2.01. The van der Waals surface area contributed by atoms with Gasteiger partial charge in [0.2, 0.25) is 0 Å². The smallest absolute Gasteiger partial charge is 0.298 e. The average molecular weight is 326 g/mol. The second-order valence-corrected chi connectivity index (χ2v) is 6.99. The molecule has 0 bridgehead atoms. The summed E-state index contributed by atoms with van der Waals surface area (Å²) in [7, 11) is -4.33. The molecule has 116 valence electrons. The predicted molar refractivity (Wildman–Crippen MR) is 88.4 cm³/mol. The Kier molecular flexibility index (Phi) is 3.14. The molecule has 0 spiro atoms. The zero-order valence-corrected chi connectivity index (χ0v) is 13.0. The summed E-state index contributed by atoms with van der Waals surface area (Å²) in [6.07, 6.45) is 0.638. The molecule has 0 radical (unpaired) electrons. The van der Waals surface area contributed by atoms with Crippen molar-refractivity contribution in [3.63, 3.8) is 0 Å². The summed E-state index contributed by atoms with van der Waals surface area (Å²) in [4.78, 5) is -0.157. The van der Waals surface area contributed by atoms with E-state index in [0.29, 0.717) is 13.0 Å². The minimum Gasteiger partial charge on any atom is -0.491 e. The predicted octanol–water partition coefficient (Wildman–Crippen LogP) is 3.69. The minimum atomic E-state index is -4.33. The molecule has 0 unspecified atom stereocenters. The molecule has 0 amide bonds. The first-order valence-corrected chi connectivity index (χ1v) is 8.73. The first kappa shape index (κ1) is 14.2. The third-order valence-electron chi connectivity index (χ3n) is 4.11. The van der Waals surface area contributed by atoms with Gasteiger partial charge >= 0.3 is 0 Å². The first-order valence-electron chi connectivity index (χ1n) is 7.29. The van der Waals surface area contributed by atoms with Crippen LogP contribution in [0.5, 0.6) is 5.75 Å². The summed E-state index contributed by atoms with van der Waals surface area (Å²) in [5, 5.41) is 2.20. The molecule has 1 aliphatic rings. The molecular weight excluding hydrogens is 312 g/mol. The van der Waals surface area contributed by atoms with Crippen molar-refractivity contribution in [1.82, 2.24) is 0 Å².